The number of hydrogen-bond donors (Lipinski definition) is 1. The van der Waals surface area contributed by atoms with E-state index in [1.165, 1.54) is 0 Å². The number of ether oxygens (including phenoxy) is 2. The standard InChI is InChI=1S/C19H20O4/c1-3-12-22-14-8-7-9-15(13-14)23-18-11-6-5-10-17(18)16(4-2)19(20)21/h4-11,13H,3,12H2,1-2H3,(H,20,21)/b16-4+. The molecule has 2 aromatic carbocycles. The normalized spacial score (nSPS) is 11.1. The molecule has 0 atom stereocenters. The van der Waals surface area contributed by atoms with Crippen LogP contribution in [0.1, 0.15) is 25.8 Å². The van der Waals surface area contributed by atoms with Gasteiger partial charge in [-0.25, -0.2) is 4.79 Å². The van der Waals surface area contributed by atoms with E-state index in [9.17, 15) is 9.90 Å². The molecule has 2 rings (SSSR count). The molecule has 2 aromatic rings. The third-order valence-electron chi connectivity index (χ3n) is 3.20. The third-order valence-corrected chi connectivity index (χ3v) is 3.20. The molecule has 0 amide bonds. The Hall–Kier alpha value is -2.75. The summed E-state index contributed by atoms with van der Waals surface area (Å²) in [6, 6.07) is 14.4. The Balaban J connectivity index is 2.29. The lowest BCUT2D eigenvalue weighted by Crippen LogP contribution is -2.01. The number of rotatable bonds is 7. The number of hydrogen-bond acceptors (Lipinski definition) is 3. The van der Waals surface area contributed by atoms with E-state index in [0.29, 0.717) is 23.7 Å². The van der Waals surface area contributed by atoms with Crippen molar-refractivity contribution in [3.63, 3.8) is 0 Å². The van der Waals surface area contributed by atoms with Crippen LogP contribution in [0.5, 0.6) is 17.2 Å². The maximum absolute atomic E-state index is 11.4. The summed E-state index contributed by atoms with van der Waals surface area (Å²) in [5, 5.41) is 9.31. The predicted octanol–water partition coefficient (Wildman–Crippen LogP) is 4.76. The van der Waals surface area contributed by atoms with E-state index in [1.807, 2.05) is 31.2 Å². The molecule has 0 aliphatic carbocycles. The third kappa shape index (κ3) is 4.36. The van der Waals surface area contributed by atoms with E-state index in [0.717, 1.165) is 12.2 Å². The van der Waals surface area contributed by atoms with Gasteiger partial charge in [0.25, 0.3) is 0 Å². The smallest absolute Gasteiger partial charge is 0.336 e. The zero-order chi connectivity index (χ0) is 16.7. The van der Waals surface area contributed by atoms with E-state index in [1.54, 1.807) is 37.3 Å². The Morgan fingerprint density at radius 2 is 1.87 bits per heavy atom. The minimum atomic E-state index is -0.983. The first-order valence-electron chi connectivity index (χ1n) is 7.55. The Bertz CT molecular complexity index is 704. The molecule has 0 radical (unpaired) electrons. The topological polar surface area (TPSA) is 55.8 Å². The second-order valence-corrected chi connectivity index (χ2v) is 4.93. The van der Waals surface area contributed by atoms with Crippen molar-refractivity contribution < 1.29 is 19.4 Å². The van der Waals surface area contributed by atoms with Crippen molar-refractivity contribution in [2.24, 2.45) is 0 Å². The summed E-state index contributed by atoms with van der Waals surface area (Å²) < 4.78 is 11.5. The fourth-order valence-electron chi connectivity index (χ4n) is 2.15. The number of para-hydroxylation sites is 1. The van der Waals surface area contributed by atoms with E-state index in [-0.39, 0.29) is 5.57 Å². The molecule has 0 heterocycles. The van der Waals surface area contributed by atoms with E-state index >= 15 is 0 Å². The molecule has 0 saturated carbocycles. The molecule has 0 fully saturated rings. The first kappa shape index (κ1) is 16.6. The van der Waals surface area contributed by atoms with Crippen LogP contribution in [-0.4, -0.2) is 17.7 Å². The van der Waals surface area contributed by atoms with Crippen LogP contribution < -0.4 is 9.47 Å². The maximum Gasteiger partial charge on any atom is 0.336 e. The monoisotopic (exact) mass is 312 g/mol. The van der Waals surface area contributed by atoms with Crippen molar-refractivity contribution in [3.8, 4) is 17.2 Å². The van der Waals surface area contributed by atoms with Crippen molar-refractivity contribution in [1.29, 1.82) is 0 Å². The van der Waals surface area contributed by atoms with Crippen LogP contribution in [0, 0.1) is 0 Å². The molecule has 1 N–H and O–H groups in total. The highest BCUT2D eigenvalue weighted by molar-refractivity contribution is 6.16. The summed E-state index contributed by atoms with van der Waals surface area (Å²) in [6.45, 7) is 4.38. The quantitative estimate of drug-likeness (QED) is 0.749. The summed E-state index contributed by atoms with van der Waals surface area (Å²) in [4.78, 5) is 11.4. The Morgan fingerprint density at radius 1 is 1.13 bits per heavy atom. The Labute approximate surface area is 136 Å². The van der Waals surface area contributed by atoms with Crippen molar-refractivity contribution in [2.45, 2.75) is 20.3 Å². The number of allylic oxidation sites excluding steroid dienone is 1. The zero-order valence-corrected chi connectivity index (χ0v) is 13.3. The van der Waals surface area contributed by atoms with Crippen LogP contribution in [0.15, 0.2) is 54.6 Å². The van der Waals surface area contributed by atoms with Crippen LogP contribution in [0.25, 0.3) is 5.57 Å². The molecule has 0 bridgehead atoms. The summed E-state index contributed by atoms with van der Waals surface area (Å²) in [5.41, 5.74) is 0.751. The van der Waals surface area contributed by atoms with Gasteiger partial charge in [-0.05, 0) is 31.5 Å². The molecule has 120 valence electrons. The fraction of sp³-hybridized carbons (Fsp3) is 0.211. The molecule has 4 nitrogen and oxygen atoms in total. The molecule has 0 unspecified atom stereocenters. The van der Waals surface area contributed by atoms with Crippen molar-refractivity contribution in [2.75, 3.05) is 6.61 Å². The molecule has 23 heavy (non-hydrogen) atoms. The predicted molar refractivity (Wildman–Crippen MR) is 90.0 cm³/mol. The summed E-state index contributed by atoms with van der Waals surface area (Å²) >= 11 is 0. The van der Waals surface area contributed by atoms with Gasteiger partial charge in [-0.15, -0.1) is 0 Å². The van der Waals surface area contributed by atoms with E-state index in [4.69, 9.17) is 9.47 Å². The molecular formula is C19H20O4. The number of carboxylic acid groups (broad SMARTS) is 1. The fourth-order valence-corrected chi connectivity index (χ4v) is 2.15. The second kappa shape index (κ2) is 8.03. The van der Waals surface area contributed by atoms with Gasteiger partial charge in [0.05, 0.1) is 12.2 Å². The van der Waals surface area contributed by atoms with Gasteiger partial charge < -0.3 is 14.6 Å². The van der Waals surface area contributed by atoms with E-state index < -0.39 is 5.97 Å². The highest BCUT2D eigenvalue weighted by Crippen LogP contribution is 2.31. The highest BCUT2D eigenvalue weighted by atomic mass is 16.5. The first-order chi connectivity index (χ1) is 11.2. The second-order valence-electron chi connectivity index (χ2n) is 4.93. The molecule has 0 aliphatic rings. The molecular weight excluding hydrogens is 292 g/mol. The number of carbonyl (C=O) groups is 1. The SMILES string of the molecule is C/C=C(/C(=O)O)c1ccccc1Oc1cccc(OCCC)c1. The average molecular weight is 312 g/mol. The minimum absolute atomic E-state index is 0.207. The number of benzene rings is 2. The lowest BCUT2D eigenvalue weighted by Gasteiger charge is -2.12. The van der Waals surface area contributed by atoms with Gasteiger partial charge in [0, 0.05) is 11.6 Å². The number of carboxylic acids is 1. The Morgan fingerprint density at radius 3 is 2.57 bits per heavy atom. The van der Waals surface area contributed by atoms with Gasteiger partial charge in [-0.3, -0.25) is 0 Å². The molecule has 4 heteroatoms. The van der Waals surface area contributed by atoms with Gasteiger partial charge in [0.15, 0.2) is 0 Å². The summed E-state index contributed by atoms with van der Waals surface area (Å²) in [6.07, 6.45) is 2.49. The lowest BCUT2D eigenvalue weighted by molar-refractivity contribution is -0.130. The van der Waals surface area contributed by atoms with Crippen molar-refractivity contribution in [1.82, 2.24) is 0 Å². The first-order valence-corrected chi connectivity index (χ1v) is 7.55. The molecule has 0 saturated heterocycles. The van der Waals surface area contributed by atoms with Crippen LogP contribution in [-0.2, 0) is 4.79 Å². The summed E-state index contributed by atoms with van der Waals surface area (Å²) in [5.74, 6) is 0.845. The molecule has 0 aliphatic heterocycles. The maximum atomic E-state index is 11.4. The van der Waals surface area contributed by atoms with Crippen LogP contribution in [0.2, 0.25) is 0 Å². The van der Waals surface area contributed by atoms with Gasteiger partial charge in [-0.1, -0.05) is 37.3 Å². The number of aliphatic carboxylic acids is 1. The largest absolute Gasteiger partial charge is 0.493 e. The zero-order valence-electron chi connectivity index (χ0n) is 13.3. The Kier molecular flexibility index (Phi) is 5.80. The van der Waals surface area contributed by atoms with E-state index in [2.05, 4.69) is 0 Å². The van der Waals surface area contributed by atoms with Crippen molar-refractivity contribution >= 4 is 11.5 Å². The van der Waals surface area contributed by atoms with Gasteiger partial charge in [0.2, 0.25) is 0 Å². The highest BCUT2D eigenvalue weighted by Gasteiger charge is 2.14. The lowest BCUT2D eigenvalue weighted by atomic mass is 10.0. The van der Waals surface area contributed by atoms with Crippen LogP contribution >= 0.6 is 0 Å². The average Bonchev–Trinajstić information content (AvgIpc) is 2.55. The minimum Gasteiger partial charge on any atom is -0.493 e. The molecule has 0 aromatic heterocycles. The van der Waals surface area contributed by atoms with Crippen LogP contribution in [0.3, 0.4) is 0 Å². The van der Waals surface area contributed by atoms with Gasteiger partial charge in [0.1, 0.15) is 17.2 Å². The molecule has 0 spiro atoms. The van der Waals surface area contributed by atoms with Gasteiger partial charge in [-0.2, -0.15) is 0 Å². The summed E-state index contributed by atoms with van der Waals surface area (Å²) in [7, 11) is 0. The van der Waals surface area contributed by atoms with Gasteiger partial charge >= 0.3 is 5.97 Å². The van der Waals surface area contributed by atoms with Crippen LogP contribution in [0.4, 0.5) is 0 Å². The van der Waals surface area contributed by atoms with Crippen molar-refractivity contribution in [3.05, 3.63) is 60.2 Å².